The van der Waals surface area contributed by atoms with Crippen LogP contribution < -0.4 is 19.8 Å². The minimum Gasteiger partial charge on any atom is -0.496 e. The third-order valence-electron chi connectivity index (χ3n) is 5.05. The SMILES string of the molecule is COc1cc(OC)n2c(=O)c(-c3ccccc3)c(-c3ccc(OCCO[N+](=O)[O-])cc3)nc2c1. The van der Waals surface area contributed by atoms with Gasteiger partial charge in [0.2, 0.25) is 5.88 Å². The number of hydrogen-bond acceptors (Lipinski definition) is 8. The molecule has 0 spiro atoms. The zero-order valence-corrected chi connectivity index (χ0v) is 18.5. The summed E-state index contributed by atoms with van der Waals surface area (Å²) in [4.78, 5) is 33.0. The fraction of sp³-hybridized carbons (Fsp3) is 0.167. The number of ether oxygens (including phenoxy) is 3. The number of methoxy groups -OCH3 is 2. The van der Waals surface area contributed by atoms with Crippen molar-refractivity contribution < 1.29 is 24.1 Å². The summed E-state index contributed by atoms with van der Waals surface area (Å²) in [6, 6.07) is 19.5. The van der Waals surface area contributed by atoms with E-state index in [2.05, 4.69) is 4.84 Å². The summed E-state index contributed by atoms with van der Waals surface area (Å²) in [7, 11) is 3.00. The lowest BCUT2D eigenvalue weighted by atomic mass is 10.00. The van der Waals surface area contributed by atoms with Crippen molar-refractivity contribution in [2.24, 2.45) is 0 Å². The molecule has 0 aliphatic heterocycles. The van der Waals surface area contributed by atoms with Crippen LogP contribution in [0.15, 0.2) is 71.5 Å². The molecule has 0 N–H and O–H groups in total. The second-order valence-electron chi connectivity index (χ2n) is 7.07. The summed E-state index contributed by atoms with van der Waals surface area (Å²) < 4.78 is 17.6. The maximum Gasteiger partial charge on any atom is 0.294 e. The first kappa shape index (κ1) is 22.6. The maximum absolute atomic E-state index is 13.7. The smallest absolute Gasteiger partial charge is 0.294 e. The van der Waals surface area contributed by atoms with Gasteiger partial charge in [-0.1, -0.05) is 30.3 Å². The Bertz CT molecular complexity index is 1370. The van der Waals surface area contributed by atoms with Crippen LogP contribution in [-0.2, 0) is 4.84 Å². The van der Waals surface area contributed by atoms with E-state index < -0.39 is 5.09 Å². The molecule has 0 saturated carbocycles. The van der Waals surface area contributed by atoms with Crippen molar-refractivity contribution in [3.8, 4) is 39.8 Å². The number of aromatic nitrogens is 2. The molecule has 0 bridgehead atoms. The predicted octanol–water partition coefficient (Wildman–Crippen LogP) is 3.63. The van der Waals surface area contributed by atoms with Crippen molar-refractivity contribution in [2.75, 3.05) is 27.4 Å². The lowest BCUT2D eigenvalue weighted by Crippen LogP contribution is -2.20. The van der Waals surface area contributed by atoms with Gasteiger partial charge in [-0.05, 0) is 29.8 Å². The average molecular weight is 463 g/mol. The summed E-state index contributed by atoms with van der Waals surface area (Å²) >= 11 is 0. The van der Waals surface area contributed by atoms with E-state index in [9.17, 15) is 14.9 Å². The van der Waals surface area contributed by atoms with Gasteiger partial charge >= 0.3 is 0 Å². The average Bonchev–Trinajstić information content (AvgIpc) is 2.86. The van der Waals surface area contributed by atoms with Crippen LogP contribution >= 0.6 is 0 Å². The number of fused-ring (bicyclic) bond motifs is 1. The Morgan fingerprint density at radius 2 is 1.65 bits per heavy atom. The lowest BCUT2D eigenvalue weighted by molar-refractivity contribution is -0.757. The van der Waals surface area contributed by atoms with Crippen molar-refractivity contribution >= 4 is 5.65 Å². The van der Waals surface area contributed by atoms with E-state index in [-0.39, 0.29) is 18.8 Å². The largest absolute Gasteiger partial charge is 0.496 e. The van der Waals surface area contributed by atoms with Crippen LogP contribution in [0.5, 0.6) is 17.4 Å². The monoisotopic (exact) mass is 463 g/mol. The molecule has 174 valence electrons. The molecule has 4 rings (SSSR count). The van der Waals surface area contributed by atoms with E-state index in [1.54, 1.807) is 36.4 Å². The molecule has 0 unspecified atom stereocenters. The molecule has 4 aromatic rings. The molecule has 0 aliphatic rings. The van der Waals surface area contributed by atoms with Crippen molar-refractivity contribution in [2.45, 2.75) is 0 Å². The van der Waals surface area contributed by atoms with Crippen LogP contribution in [0.25, 0.3) is 28.0 Å². The van der Waals surface area contributed by atoms with Gasteiger partial charge in [-0.15, -0.1) is 10.1 Å². The van der Waals surface area contributed by atoms with Gasteiger partial charge in [0.05, 0.1) is 25.5 Å². The Hall–Kier alpha value is -4.60. The van der Waals surface area contributed by atoms with Crippen LogP contribution in [0.4, 0.5) is 0 Å². The minimum absolute atomic E-state index is 0.0186. The highest BCUT2D eigenvalue weighted by molar-refractivity contribution is 5.82. The molecule has 2 aromatic carbocycles. The Kier molecular flexibility index (Phi) is 6.58. The normalized spacial score (nSPS) is 10.6. The Morgan fingerprint density at radius 1 is 0.912 bits per heavy atom. The second-order valence-corrected chi connectivity index (χ2v) is 7.07. The quantitative estimate of drug-likeness (QED) is 0.210. The van der Waals surface area contributed by atoms with Crippen molar-refractivity contribution in [1.29, 1.82) is 0 Å². The van der Waals surface area contributed by atoms with Gasteiger partial charge in [0.15, 0.2) is 0 Å². The van der Waals surface area contributed by atoms with Gasteiger partial charge < -0.3 is 19.0 Å². The van der Waals surface area contributed by atoms with Crippen LogP contribution in [0, 0.1) is 10.1 Å². The molecule has 0 amide bonds. The van der Waals surface area contributed by atoms with Crippen molar-refractivity contribution in [1.82, 2.24) is 9.38 Å². The van der Waals surface area contributed by atoms with E-state index in [1.807, 2.05) is 30.3 Å². The molecule has 10 heteroatoms. The standard InChI is InChI=1S/C24H21N3O7/c1-31-19-14-20-25-23(17-8-10-18(11-9-17)33-12-13-34-27(29)30)22(16-6-4-3-5-7-16)24(28)26(20)21(15-19)32-2/h3-11,14-15H,12-13H2,1-2H3. The zero-order valence-electron chi connectivity index (χ0n) is 18.5. The maximum atomic E-state index is 13.7. The number of benzene rings is 2. The highest BCUT2D eigenvalue weighted by Gasteiger charge is 2.19. The third-order valence-corrected chi connectivity index (χ3v) is 5.05. The molecule has 2 aromatic heterocycles. The number of pyridine rings is 1. The molecule has 0 aliphatic carbocycles. The van der Waals surface area contributed by atoms with Gasteiger partial charge in [0.1, 0.15) is 30.4 Å². The van der Waals surface area contributed by atoms with Gasteiger partial charge in [-0.25, -0.2) is 9.38 Å². The fourth-order valence-corrected chi connectivity index (χ4v) is 3.52. The molecule has 10 nitrogen and oxygen atoms in total. The first-order valence-electron chi connectivity index (χ1n) is 10.3. The molecule has 34 heavy (non-hydrogen) atoms. The van der Waals surface area contributed by atoms with Crippen LogP contribution in [0.1, 0.15) is 0 Å². The first-order chi connectivity index (χ1) is 16.5. The summed E-state index contributed by atoms with van der Waals surface area (Å²) in [6.45, 7) is -0.162. The van der Waals surface area contributed by atoms with Crippen molar-refractivity contribution in [3.63, 3.8) is 0 Å². The Labute approximate surface area is 194 Å². The fourth-order valence-electron chi connectivity index (χ4n) is 3.52. The summed E-state index contributed by atoms with van der Waals surface area (Å²) in [6.07, 6.45) is 0. The molecule has 0 atom stereocenters. The topological polar surface area (TPSA) is 114 Å². The van der Waals surface area contributed by atoms with E-state index in [1.165, 1.54) is 18.6 Å². The molecular weight excluding hydrogens is 442 g/mol. The van der Waals surface area contributed by atoms with Gasteiger partial charge in [0, 0.05) is 17.7 Å². The number of nitrogens with zero attached hydrogens (tertiary/aromatic N) is 3. The first-order valence-corrected chi connectivity index (χ1v) is 10.3. The molecule has 0 radical (unpaired) electrons. The summed E-state index contributed by atoms with van der Waals surface area (Å²) in [5, 5.41) is 9.37. The van der Waals surface area contributed by atoms with E-state index in [0.29, 0.717) is 45.4 Å². The molecular formula is C24H21N3O7. The minimum atomic E-state index is -0.870. The van der Waals surface area contributed by atoms with Gasteiger partial charge in [-0.3, -0.25) is 4.79 Å². The van der Waals surface area contributed by atoms with E-state index >= 15 is 0 Å². The number of rotatable bonds is 9. The predicted molar refractivity (Wildman–Crippen MR) is 124 cm³/mol. The Balaban J connectivity index is 1.83. The Morgan fingerprint density at radius 3 is 2.29 bits per heavy atom. The summed E-state index contributed by atoms with van der Waals surface area (Å²) in [5.74, 6) is 1.30. The third kappa shape index (κ3) is 4.60. The van der Waals surface area contributed by atoms with E-state index in [4.69, 9.17) is 19.2 Å². The highest BCUT2D eigenvalue weighted by Crippen LogP contribution is 2.31. The lowest BCUT2D eigenvalue weighted by Gasteiger charge is -2.15. The van der Waals surface area contributed by atoms with Crippen LogP contribution in [0.3, 0.4) is 0 Å². The molecule has 0 saturated heterocycles. The summed E-state index contributed by atoms with van der Waals surface area (Å²) in [5.41, 5.74) is 2.37. The molecule has 2 heterocycles. The second kappa shape index (κ2) is 9.90. The van der Waals surface area contributed by atoms with Crippen molar-refractivity contribution in [3.05, 3.63) is 87.2 Å². The van der Waals surface area contributed by atoms with E-state index in [0.717, 1.165) is 0 Å². The van der Waals surface area contributed by atoms with Crippen LogP contribution in [0.2, 0.25) is 0 Å². The van der Waals surface area contributed by atoms with Gasteiger partial charge in [0.25, 0.3) is 10.6 Å². The molecule has 0 fully saturated rings. The zero-order chi connectivity index (χ0) is 24.1. The van der Waals surface area contributed by atoms with Crippen LogP contribution in [-0.4, -0.2) is 41.9 Å². The van der Waals surface area contributed by atoms with Gasteiger partial charge in [-0.2, -0.15) is 0 Å². The number of hydrogen-bond donors (Lipinski definition) is 0. The highest BCUT2D eigenvalue weighted by atomic mass is 17.0.